The highest BCUT2D eigenvalue weighted by molar-refractivity contribution is 6.01. The summed E-state index contributed by atoms with van der Waals surface area (Å²) in [5.41, 5.74) is 5.07. The van der Waals surface area contributed by atoms with Crippen molar-refractivity contribution in [1.82, 2.24) is 9.88 Å². The maximum Gasteiger partial charge on any atom is 0.224 e. The highest BCUT2D eigenvalue weighted by Crippen LogP contribution is 2.31. The summed E-state index contributed by atoms with van der Waals surface area (Å²) in [4.78, 5) is 25.3. The molecule has 0 spiro atoms. The van der Waals surface area contributed by atoms with Crippen molar-refractivity contribution in [2.24, 2.45) is 5.92 Å². The van der Waals surface area contributed by atoms with Crippen LogP contribution in [0.5, 0.6) is 0 Å². The van der Waals surface area contributed by atoms with Crippen LogP contribution in [-0.2, 0) is 28.9 Å². The van der Waals surface area contributed by atoms with Crippen LogP contribution in [0.15, 0.2) is 30.3 Å². The first-order valence-corrected chi connectivity index (χ1v) is 10.3. The summed E-state index contributed by atoms with van der Waals surface area (Å²) in [6.07, 6.45) is 3.64. The number of ketones is 1. The Morgan fingerprint density at radius 1 is 1.25 bits per heavy atom. The number of ether oxygens (including phenoxy) is 1. The zero-order valence-corrected chi connectivity index (χ0v) is 16.5. The van der Waals surface area contributed by atoms with E-state index in [2.05, 4.69) is 22.0 Å². The summed E-state index contributed by atoms with van der Waals surface area (Å²) in [5, 5.41) is 3.04. The molecular weight excluding hydrogens is 352 g/mol. The first-order chi connectivity index (χ1) is 13.6. The molecular formula is C23H28N2O3. The molecule has 2 aromatic rings. The molecule has 1 fully saturated rings. The van der Waals surface area contributed by atoms with Crippen molar-refractivity contribution in [1.29, 1.82) is 0 Å². The first kappa shape index (κ1) is 18.9. The Bertz CT molecular complexity index is 864. The van der Waals surface area contributed by atoms with Gasteiger partial charge in [0.25, 0.3) is 0 Å². The Balaban J connectivity index is 1.57. The van der Waals surface area contributed by atoms with Crippen molar-refractivity contribution in [3.63, 3.8) is 0 Å². The Morgan fingerprint density at radius 3 is 2.82 bits per heavy atom. The van der Waals surface area contributed by atoms with Crippen LogP contribution in [0.3, 0.4) is 0 Å². The average molecular weight is 380 g/mol. The predicted molar refractivity (Wildman–Crippen MR) is 108 cm³/mol. The van der Waals surface area contributed by atoms with E-state index < -0.39 is 0 Å². The predicted octanol–water partition coefficient (Wildman–Crippen LogP) is 3.06. The topological polar surface area (TPSA) is 60.3 Å². The van der Waals surface area contributed by atoms with Crippen LogP contribution in [0.25, 0.3) is 0 Å². The van der Waals surface area contributed by atoms with Gasteiger partial charge in [0.1, 0.15) is 0 Å². The number of carbonyl (C=O) groups is 2. The van der Waals surface area contributed by atoms with Crippen LogP contribution < -0.4 is 5.32 Å². The number of hydrogen-bond donors (Lipinski definition) is 1. The second-order valence-electron chi connectivity index (χ2n) is 7.94. The second kappa shape index (κ2) is 8.31. The van der Waals surface area contributed by atoms with E-state index >= 15 is 0 Å². The lowest BCUT2D eigenvalue weighted by molar-refractivity contribution is -0.120. The lowest BCUT2D eigenvalue weighted by atomic mass is 9.92. The van der Waals surface area contributed by atoms with Gasteiger partial charge in [-0.3, -0.25) is 9.59 Å². The van der Waals surface area contributed by atoms with E-state index in [4.69, 9.17) is 4.74 Å². The quantitative estimate of drug-likeness (QED) is 0.838. The summed E-state index contributed by atoms with van der Waals surface area (Å²) >= 11 is 0. The third-order valence-corrected chi connectivity index (χ3v) is 5.99. The summed E-state index contributed by atoms with van der Waals surface area (Å²) < 4.78 is 7.62. The van der Waals surface area contributed by atoms with Crippen LogP contribution in [0, 0.1) is 12.8 Å². The Morgan fingerprint density at radius 2 is 2.07 bits per heavy atom. The molecule has 1 aliphatic heterocycles. The average Bonchev–Trinajstić information content (AvgIpc) is 3.31. The van der Waals surface area contributed by atoms with E-state index in [1.807, 2.05) is 25.1 Å². The molecule has 1 N–H and O–H groups in total. The molecule has 5 nitrogen and oxygen atoms in total. The highest BCUT2D eigenvalue weighted by Gasteiger charge is 2.29. The number of Topliss-reactive ketones (excluding diaryl/α,β-unsaturated/α-hetero) is 1. The SMILES string of the molecule is Cc1c(CC(=O)NC[C@H]2CCOC2)c2c(n1Cc1ccccc1)CCCC2=O. The summed E-state index contributed by atoms with van der Waals surface area (Å²) in [5.74, 6) is 0.583. The van der Waals surface area contributed by atoms with Crippen molar-refractivity contribution < 1.29 is 14.3 Å². The lowest BCUT2D eigenvalue weighted by Gasteiger charge is -2.16. The molecule has 2 aliphatic rings. The van der Waals surface area contributed by atoms with Crippen LogP contribution in [0.2, 0.25) is 0 Å². The normalized spacial score (nSPS) is 18.9. The largest absolute Gasteiger partial charge is 0.381 e. The van der Waals surface area contributed by atoms with E-state index in [0.717, 1.165) is 61.5 Å². The van der Waals surface area contributed by atoms with Gasteiger partial charge >= 0.3 is 0 Å². The van der Waals surface area contributed by atoms with Crippen molar-refractivity contribution in [2.45, 2.75) is 45.6 Å². The van der Waals surface area contributed by atoms with E-state index in [9.17, 15) is 9.59 Å². The molecule has 148 valence electrons. The van der Waals surface area contributed by atoms with Gasteiger partial charge in [-0.2, -0.15) is 0 Å². The van der Waals surface area contributed by atoms with Crippen LogP contribution in [-0.4, -0.2) is 36.0 Å². The minimum Gasteiger partial charge on any atom is -0.381 e. The van der Waals surface area contributed by atoms with Crippen molar-refractivity contribution in [3.8, 4) is 0 Å². The van der Waals surface area contributed by atoms with Gasteiger partial charge in [0, 0.05) is 49.0 Å². The fourth-order valence-electron chi connectivity index (χ4n) is 4.41. The van der Waals surface area contributed by atoms with Crippen LogP contribution in [0.4, 0.5) is 0 Å². The highest BCUT2D eigenvalue weighted by atomic mass is 16.5. The molecule has 5 heteroatoms. The fraction of sp³-hybridized carbons (Fsp3) is 0.478. The van der Waals surface area contributed by atoms with Gasteiger partial charge in [-0.1, -0.05) is 30.3 Å². The second-order valence-corrected chi connectivity index (χ2v) is 7.94. The minimum absolute atomic E-state index is 0.00645. The summed E-state index contributed by atoms with van der Waals surface area (Å²) in [6.45, 7) is 4.94. The van der Waals surface area contributed by atoms with Gasteiger partial charge in [0.05, 0.1) is 13.0 Å². The number of fused-ring (bicyclic) bond motifs is 1. The third kappa shape index (κ3) is 3.90. The summed E-state index contributed by atoms with van der Waals surface area (Å²) in [7, 11) is 0. The maximum atomic E-state index is 12.7. The fourth-order valence-corrected chi connectivity index (χ4v) is 4.41. The molecule has 1 aliphatic carbocycles. The number of nitrogens with zero attached hydrogens (tertiary/aromatic N) is 1. The van der Waals surface area contributed by atoms with Gasteiger partial charge < -0.3 is 14.6 Å². The zero-order chi connectivity index (χ0) is 19.5. The molecule has 1 amide bonds. The van der Waals surface area contributed by atoms with Gasteiger partial charge in [-0.05, 0) is 37.3 Å². The minimum atomic E-state index is -0.00645. The zero-order valence-electron chi connectivity index (χ0n) is 16.5. The van der Waals surface area contributed by atoms with E-state index in [1.165, 1.54) is 5.56 Å². The molecule has 0 bridgehead atoms. The molecule has 1 saturated heterocycles. The van der Waals surface area contributed by atoms with Crippen molar-refractivity contribution in [2.75, 3.05) is 19.8 Å². The van der Waals surface area contributed by atoms with Gasteiger partial charge in [0.15, 0.2) is 5.78 Å². The van der Waals surface area contributed by atoms with Crippen LogP contribution in [0.1, 0.15) is 52.1 Å². The van der Waals surface area contributed by atoms with E-state index in [1.54, 1.807) is 0 Å². The van der Waals surface area contributed by atoms with E-state index in [0.29, 0.717) is 18.9 Å². The number of amides is 1. The Kier molecular flexibility index (Phi) is 5.62. The van der Waals surface area contributed by atoms with E-state index in [-0.39, 0.29) is 18.1 Å². The molecule has 1 atom stereocenters. The Labute approximate surface area is 166 Å². The molecule has 2 heterocycles. The first-order valence-electron chi connectivity index (χ1n) is 10.3. The number of rotatable bonds is 6. The monoisotopic (exact) mass is 380 g/mol. The molecule has 0 saturated carbocycles. The van der Waals surface area contributed by atoms with Gasteiger partial charge in [0.2, 0.25) is 5.91 Å². The Hall–Kier alpha value is -2.40. The molecule has 0 unspecified atom stereocenters. The van der Waals surface area contributed by atoms with Gasteiger partial charge in [-0.15, -0.1) is 0 Å². The standard InChI is InChI=1S/C23H28N2O3/c1-16-19(12-22(27)24-13-18-10-11-28-15-18)23-20(8-5-9-21(23)26)25(16)14-17-6-3-2-4-7-17/h2-4,6-7,18H,5,8-15H2,1H3,(H,24,27)/t18-/m1/s1. The number of aromatic nitrogens is 1. The van der Waals surface area contributed by atoms with Crippen molar-refractivity contribution in [3.05, 3.63) is 58.4 Å². The molecule has 0 radical (unpaired) electrons. The van der Waals surface area contributed by atoms with Crippen molar-refractivity contribution >= 4 is 11.7 Å². The molecule has 1 aromatic heterocycles. The maximum absolute atomic E-state index is 12.7. The number of carbonyl (C=O) groups excluding carboxylic acids is 2. The third-order valence-electron chi connectivity index (χ3n) is 5.99. The summed E-state index contributed by atoms with van der Waals surface area (Å²) in [6, 6.07) is 10.3. The number of hydrogen-bond acceptors (Lipinski definition) is 3. The number of benzene rings is 1. The molecule has 28 heavy (non-hydrogen) atoms. The lowest BCUT2D eigenvalue weighted by Crippen LogP contribution is -2.31. The van der Waals surface area contributed by atoms with Gasteiger partial charge in [-0.25, -0.2) is 0 Å². The smallest absolute Gasteiger partial charge is 0.224 e. The molecule has 4 rings (SSSR count). The molecule has 1 aromatic carbocycles. The van der Waals surface area contributed by atoms with Crippen LogP contribution >= 0.6 is 0 Å². The number of nitrogens with one attached hydrogen (secondary N) is 1.